The molecule has 0 unspecified atom stereocenters. The Kier molecular flexibility index (Phi) is 4.17. The van der Waals surface area contributed by atoms with Gasteiger partial charge in [-0.1, -0.05) is 6.07 Å². The van der Waals surface area contributed by atoms with Crippen molar-refractivity contribution in [3.05, 3.63) is 40.7 Å². The number of nitrogens with one attached hydrogen (secondary N) is 1. The Morgan fingerprint density at radius 1 is 1.44 bits per heavy atom. The molecule has 2 aromatic heterocycles. The molecule has 0 aromatic carbocycles. The van der Waals surface area contributed by atoms with Gasteiger partial charge in [0.1, 0.15) is 5.82 Å². The van der Waals surface area contributed by atoms with Gasteiger partial charge in [-0.05, 0) is 31.4 Å². The van der Waals surface area contributed by atoms with Gasteiger partial charge in [0.2, 0.25) is 0 Å². The fourth-order valence-electron chi connectivity index (χ4n) is 1.82. The topological polar surface area (TPSA) is 54.2 Å². The lowest BCUT2D eigenvalue weighted by Crippen LogP contribution is -2.29. The van der Waals surface area contributed by atoms with Gasteiger partial charge in [0, 0.05) is 28.9 Å². The Bertz CT molecular complexity index is 481. The summed E-state index contributed by atoms with van der Waals surface area (Å²) in [4.78, 5) is 7.81. The highest BCUT2D eigenvalue weighted by Gasteiger charge is 2.12. The Morgan fingerprint density at radius 2 is 2.28 bits per heavy atom. The van der Waals surface area contributed by atoms with Crippen LogP contribution in [0.3, 0.4) is 0 Å². The summed E-state index contributed by atoms with van der Waals surface area (Å²) in [5.41, 5.74) is 3.71. The monoisotopic (exact) mass is 262 g/mol. The maximum absolute atomic E-state index is 5.40. The minimum atomic E-state index is 0.417. The number of hydrogen-bond acceptors (Lipinski definition) is 5. The van der Waals surface area contributed by atoms with Crippen molar-refractivity contribution >= 4 is 22.8 Å². The molecule has 5 heteroatoms. The number of anilines is 2. The van der Waals surface area contributed by atoms with Gasteiger partial charge < -0.3 is 10.3 Å². The van der Waals surface area contributed by atoms with Crippen molar-refractivity contribution in [2.24, 2.45) is 5.84 Å². The average Bonchev–Trinajstić information content (AvgIpc) is 2.88. The highest BCUT2D eigenvalue weighted by Crippen LogP contribution is 2.23. The van der Waals surface area contributed by atoms with Crippen LogP contribution in [0.5, 0.6) is 0 Å². The molecule has 0 aliphatic carbocycles. The molecule has 0 fully saturated rings. The molecule has 0 aliphatic rings. The maximum Gasteiger partial charge on any atom is 0.141 e. The number of nitrogens with zero attached hydrogens (tertiary/aromatic N) is 2. The van der Waals surface area contributed by atoms with Crippen LogP contribution in [0.15, 0.2) is 35.8 Å². The first kappa shape index (κ1) is 12.9. The first-order chi connectivity index (χ1) is 8.70. The molecule has 0 saturated heterocycles. The van der Waals surface area contributed by atoms with Crippen LogP contribution in [-0.2, 0) is 6.54 Å². The van der Waals surface area contributed by atoms with Crippen LogP contribution in [0, 0.1) is 0 Å². The number of hydrazine groups is 1. The number of hydrogen-bond donors (Lipinski definition) is 2. The summed E-state index contributed by atoms with van der Waals surface area (Å²) in [7, 11) is 0. The molecule has 18 heavy (non-hydrogen) atoms. The largest absolute Gasteiger partial charge is 0.364 e. The molecule has 0 amide bonds. The van der Waals surface area contributed by atoms with Crippen LogP contribution >= 0.6 is 11.3 Å². The first-order valence-corrected chi connectivity index (χ1v) is 6.80. The third-order valence-corrected chi connectivity index (χ3v) is 3.61. The van der Waals surface area contributed by atoms with E-state index in [9.17, 15) is 0 Å². The standard InChI is InChI=1S/C13H18N4S/c1-10(2)17(9-12-4-3-7-18-12)11-5-6-15-13(8-11)16-14/h3-8,10H,9,14H2,1-2H3,(H,15,16). The van der Waals surface area contributed by atoms with E-state index in [1.165, 1.54) is 4.88 Å². The second-order valence-electron chi connectivity index (χ2n) is 4.34. The summed E-state index contributed by atoms with van der Waals surface area (Å²) in [6.45, 7) is 5.27. The zero-order chi connectivity index (χ0) is 13.0. The molecule has 0 bridgehead atoms. The van der Waals surface area contributed by atoms with Gasteiger partial charge in [-0.25, -0.2) is 10.8 Å². The lowest BCUT2D eigenvalue weighted by Gasteiger charge is -2.28. The zero-order valence-corrected chi connectivity index (χ0v) is 11.4. The first-order valence-electron chi connectivity index (χ1n) is 5.92. The molecule has 4 nitrogen and oxygen atoms in total. The normalized spacial score (nSPS) is 10.7. The molecule has 2 heterocycles. The van der Waals surface area contributed by atoms with Crippen molar-refractivity contribution in [3.63, 3.8) is 0 Å². The van der Waals surface area contributed by atoms with E-state index in [0.29, 0.717) is 11.9 Å². The van der Waals surface area contributed by atoms with E-state index >= 15 is 0 Å². The second-order valence-corrected chi connectivity index (χ2v) is 5.38. The van der Waals surface area contributed by atoms with E-state index in [0.717, 1.165) is 12.2 Å². The predicted octanol–water partition coefficient (Wildman–Crippen LogP) is 2.84. The van der Waals surface area contributed by atoms with Crippen molar-refractivity contribution < 1.29 is 0 Å². The van der Waals surface area contributed by atoms with Gasteiger partial charge in [0.25, 0.3) is 0 Å². The second kappa shape index (κ2) is 5.84. The number of aromatic nitrogens is 1. The van der Waals surface area contributed by atoms with E-state index < -0.39 is 0 Å². The average molecular weight is 262 g/mol. The Labute approximate surface area is 111 Å². The molecular formula is C13H18N4S. The lowest BCUT2D eigenvalue weighted by atomic mass is 10.2. The van der Waals surface area contributed by atoms with Crippen LogP contribution in [0.4, 0.5) is 11.5 Å². The summed E-state index contributed by atoms with van der Waals surface area (Å²) in [5.74, 6) is 6.09. The van der Waals surface area contributed by atoms with Crippen molar-refractivity contribution in [2.75, 3.05) is 10.3 Å². The van der Waals surface area contributed by atoms with Gasteiger partial charge in [0.05, 0.1) is 6.54 Å². The van der Waals surface area contributed by atoms with Gasteiger partial charge in [-0.3, -0.25) is 0 Å². The quantitative estimate of drug-likeness (QED) is 0.642. The molecule has 0 spiro atoms. The molecule has 0 radical (unpaired) electrons. The van der Waals surface area contributed by atoms with Gasteiger partial charge in [-0.2, -0.15) is 0 Å². The van der Waals surface area contributed by atoms with Gasteiger partial charge in [-0.15, -0.1) is 11.3 Å². The number of nitrogen functional groups attached to an aromatic ring is 1. The summed E-state index contributed by atoms with van der Waals surface area (Å²) in [6, 6.07) is 8.63. The molecule has 2 aromatic rings. The molecule has 3 N–H and O–H groups in total. The Morgan fingerprint density at radius 3 is 2.89 bits per heavy atom. The molecule has 0 aliphatic heterocycles. The van der Waals surface area contributed by atoms with Crippen LogP contribution in [0.1, 0.15) is 18.7 Å². The fraction of sp³-hybridized carbons (Fsp3) is 0.308. The highest BCUT2D eigenvalue weighted by molar-refractivity contribution is 7.09. The van der Waals surface area contributed by atoms with E-state index in [4.69, 9.17) is 5.84 Å². The maximum atomic E-state index is 5.40. The minimum Gasteiger partial charge on any atom is -0.364 e. The van der Waals surface area contributed by atoms with Gasteiger partial charge >= 0.3 is 0 Å². The van der Waals surface area contributed by atoms with E-state index in [1.54, 1.807) is 17.5 Å². The molecular weight excluding hydrogens is 244 g/mol. The van der Waals surface area contributed by atoms with Crippen molar-refractivity contribution in [1.82, 2.24) is 4.98 Å². The van der Waals surface area contributed by atoms with E-state index in [-0.39, 0.29) is 0 Å². The summed E-state index contributed by atoms with van der Waals surface area (Å²) in [6.07, 6.45) is 1.77. The smallest absolute Gasteiger partial charge is 0.141 e. The van der Waals surface area contributed by atoms with Crippen molar-refractivity contribution in [3.8, 4) is 0 Å². The molecule has 0 atom stereocenters. The SMILES string of the molecule is CC(C)N(Cc1cccs1)c1ccnc(NN)c1. The fourth-order valence-corrected chi connectivity index (χ4v) is 2.52. The number of rotatable bonds is 5. The Balaban J connectivity index is 2.23. The number of thiophene rings is 1. The minimum absolute atomic E-state index is 0.417. The van der Waals surface area contributed by atoms with Crippen LogP contribution < -0.4 is 16.2 Å². The molecule has 0 saturated carbocycles. The van der Waals surface area contributed by atoms with E-state index in [2.05, 4.69) is 46.7 Å². The van der Waals surface area contributed by atoms with Crippen LogP contribution in [-0.4, -0.2) is 11.0 Å². The predicted molar refractivity (Wildman–Crippen MR) is 77.7 cm³/mol. The third-order valence-electron chi connectivity index (χ3n) is 2.75. The van der Waals surface area contributed by atoms with Crippen molar-refractivity contribution in [2.45, 2.75) is 26.4 Å². The van der Waals surface area contributed by atoms with Crippen molar-refractivity contribution in [1.29, 1.82) is 0 Å². The third kappa shape index (κ3) is 3.00. The summed E-state index contributed by atoms with van der Waals surface area (Å²) >= 11 is 1.78. The van der Waals surface area contributed by atoms with Gasteiger partial charge in [0.15, 0.2) is 0 Å². The molecule has 96 valence electrons. The highest BCUT2D eigenvalue weighted by atomic mass is 32.1. The van der Waals surface area contributed by atoms with E-state index in [1.807, 2.05) is 12.1 Å². The van der Waals surface area contributed by atoms with Crippen LogP contribution in [0.2, 0.25) is 0 Å². The summed E-state index contributed by atoms with van der Waals surface area (Å²) in [5, 5.41) is 2.10. The number of nitrogens with two attached hydrogens (primary N) is 1. The Hall–Kier alpha value is -1.59. The summed E-state index contributed by atoms with van der Waals surface area (Å²) < 4.78 is 0. The molecule has 2 rings (SSSR count). The number of pyridine rings is 1. The lowest BCUT2D eigenvalue weighted by molar-refractivity contribution is 0.687. The van der Waals surface area contributed by atoms with Crippen LogP contribution in [0.25, 0.3) is 0 Å². The zero-order valence-electron chi connectivity index (χ0n) is 10.6.